The molecule has 4 aliphatic rings. The minimum atomic E-state index is 0.0562. The Morgan fingerprint density at radius 1 is 0.452 bits per heavy atom. The zero-order valence-electron chi connectivity index (χ0n) is 34.6. The van der Waals surface area contributed by atoms with Gasteiger partial charge in [-0.3, -0.25) is 0 Å². The van der Waals surface area contributed by atoms with Gasteiger partial charge in [-0.15, -0.1) is 11.3 Å². The van der Waals surface area contributed by atoms with Crippen LogP contribution in [0, 0.1) is 0 Å². The van der Waals surface area contributed by atoms with Crippen LogP contribution in [0.15, 0.2) is 150 Å². The average molecular weight is 817 g/mol. The fourth-order valence-electron chi connectivity index (χ4n) is 12.8. The van der Waals surface area contributed by atoms with E-state index in [1.165, 1.54) is 102 Å². The van der Waals surface area contributed by atoms with E-state index in [4.69, 9.17) is 14.4 Å². The zero-order chi connectivity index (χ0) is 40.6. The maximum absolute atomic E-state index is 6.93. The average Bonchev–Trinajstić information content (AvgIpc) is 4.05. The number of hydrogen-bond acceptors (Lipinski definition) is 4. The summed E-state index contributed by atoms with van der Waals surface area (Å²) in [5.41, 5.74) is 20.7. The fourth-order valence-corrected chi connectivity index (χ4v) is 13.9. The van der Waals surface area contributed by atoms with E-state index >= 15 is 0 Å². The number of para-hydroxylation sites is 1. The van der Waals surface area contributed by atoms with Crippen molar-refractivity contribution in [1.82, 2.24) is 9.97 Å². The van der Waals surface area contributed by atoms with E-state index in [0.717, 1.165) is 60.2 Å². The molecule has 2 fully saturated rings. The van der Waals surface area contributed by atoms with E-state index in [9.17, 15) is 0 Å². The molecule has 0 aliphatic heterocycles. The van der Waals surface area contributed by atoms with Crippen molar-refractivity contribution in [3.63, 3.8) is 0 Å². The number of benzene rings is 7. The van der Waals surface area contributed by atoms with Crippen molar-refractivity contribution < 1.29 is 4.42 Å². The number of furan rings is 1. The third-order valence-corrected chi connectivity index (χ3v) is 16.7. The molecule has 0 N–H and O–H groups in total. The molecule has 0 saturated heterocycles. The van der Waals surface area contributed by atoms with Gasteiger partial charge in [0.05, 0.1) is 15.9 Å². The second kappa shape index (κ2) is 13.1. The van der Waals surface area contributed by atoms with E-state index < -0.39 is 0 Å². The molecule has 2 saturated carbocycles. The smallest absolute Gasteiger partial charge is 0.160 e. The van der Waals surface area contributed by atoms with Crippen LogP contribution in [0.3, 0.4) is 0 Å². The topological polar surface area (TPSA) is 38.9 Å². The standard InChI is InChI=1S/C58H44N2OS/c1-4-16-35(17-5-1)56-59-52-40-19-7-9-25-50(40)62-55(52)53(60-56)41-22-14-21-39-43-32-36(26-27-49(43)61-54(39)41)37-20-15-24-46-51(37)44-34-47-42(33-48(44)58(46)30-12-3-13-31-58)38-18-6-8-23-45(38)57(47)28-10-2-11-29-57/h1,4-9,14-27,32-34H,2-3,10-13,28-31H2. The summed E-state index contributed by atoms with van der Waals surface area (Å²) in [5.74, 6) is 0.727. The van der Waals surface area contributed by atoms with Gasteiger partial charge in [0.1, 0.15) is 11.2 Å². The van der Waals surface area contributed by atoms with Crippen LogP contribution in [-0.2, 0) is 10.8 Å². The lowest BCUT2D eigenvalue weighted by Crippen LogP contribution is -2.29. The van der Waals surface area contributed by atoms with Gasteiger partial charge in [0, 0.05) is 42.8 Å². The van der Waals surface area contributed by atoms with Gasteiger partial charge in [0.2, 0.25) is 0 Å². The largest absolute Gasteiger partial charge is 0.455 e. The minimum absolute atomic E-state index is 0.0562. The third-order valence-electron chi connectivity index (χ3n) is 15.5. The van der Waals surface area contributed by atoms with Gasteiger partial charge in [-0.2, -0.15) is 0 Å². The molecule has 14 rings (SSSR count). The number of hydrogen-bond donors (Lipinski definition) is 0. The van der Waals surface area contributed by atoms with Gasteiger partial charge >= 0.3 is 0 Å². The van der Waals surface area contributed by atoms with E-state index in [2.05, 4.69) is 140 Å². The molecule has 3 nitrogen and oxygen atoms in total. The number of aromatic nitrogens is 2. The van der Waals surface area contributed by atoms with Crippen LogP contribution in [0.5, 0.6) is 0 Å². The molecule has 0 bridgehead atoms. The van der Waals surface area contributed by atoms with Crippen molar-refractivity contribution in [2.75, 3.05) is 0 Å². The first-order valence-corrected chi connectivity index (χ1v) is 23.6. The Labute approximate surface area is 365 Å². The lowest BCUT2D eigenvalue weighted by Gasteiger charge is -2.37. The van der Waals surface area contributed by atoms with Gasteiger partial charge in [-0.25, -0.2) is 9.97 Å². The summed E-state index contributed by atoms with van der Waals surface area (Å²) in [6, 6.07) is 54.4. The monoisotopic (exact) mass is 816 g/mol. The number of thiophene rings is 1. The zero-order valence-corrected chi connectivity index (χ0v) is 35.5. The molecule has 3 aromatic heterocycles. The highest BCUT2D eigenvalue weighted by atomic mass is 32.1. The van der Waals surface area contributed by atoms with Crippen LogP contribution in [-0.4, -0.2) is 9.97 Å². The van der Waals surface area contributed by atoms with E-state index in [0.29, 0.717) is 0 Å². The van der Waals surface area contributed by atoms with Crippen molar-refractivity contribution in [2.45, 2.75) is 75.0 Å². The fraction of sp³-hybridized carbons (Fsp3) is 0.207. The first-order valence-electron chi connectivity index (χ1n) is 22.8. The van der Waals surface area contributed by atoms with Crippen molar-refractivity contribution >= 4 is 53.6 Å². The Morgan fingerprint density at radius 3 is 1.97 bits per heavy atom. The third kappa shape index (κ3) is 4.76. The summed E-state index contributed by atoms with van der Waals surface area (Å²) in [5, 5.41) is 3.41. The Hall–Kier alpha value is -6.36. The molecule has 298 valence electrons. The summed E-state index contributed by atoms with van der Waals surface area (Å²) >= 11 is 1.76. The second-order valence-electron chi connectivity index (χ2n) is 18.5. The molecule has 0 atom stereocenters. The Bertz CT molecular complexity index is 3490. The minimum Gasteiger partial charge on any atom is -0.455 e. The number of rotatable bonds is 3. The highest BCUT2D eigenvalue weighted by molar-refractivity contribution is 7.26. The van der Waals surface area contributed by atoms with Crippen LogP contribution in [0.2, 0.25) is 0 Å². The van der Waals surface area contributed by atoms with Gasteiger partial charge in [0.15, 0.2) is 5.82 Å². The second-order valence-corrected chi connectivity index (χ2v) is 19.6. The summed E-state index contributed by atoms with van der Waals surface area (Å²) < 4.78 is 9.22. The molecule has 0 amide bonds. The van der Waals surface area contributed by atoms with Crippen molar-refractivity contribution in [1.29, 1.82) is 0 Å². The Balaban J connectivity index is 0.969. The molecule has 0 unspecified atom stereocenters. The van der Waals surface area contributed by atoms with Gasteiger partial charge in [-0.1, -0.05) is 148 Å². The van der Waals surface area contributed by atoms with E-state index in [1.807, 2.05) is 6.07 Å². The highest BCUT2D eigenvalue weighted by Gasteiger charge is 2.49. The van der Waals surface area contributed by atoms with Gasteiger partial charge in [-0.05, 0) is 118 Å². The van der Waals surface area contributed by atoms with Crippen molar-refractivity contribution in [2.24, 2.45) is 0 Å². The first-order chi connectivity index (χ1) is 30.7. The normalized spacial score (nSPS) is 17.0. The van der Waals surface area contributed by atoms with E-state index in [-0.39, 0.29) is 10.8 Å². The van der Waals surface area contributed by atoms with Crippen LogP contribution in [0.25, 0.3) is 98.3 Å². The Kier molecular flexibility index (Phi) is 7.44. The quantitative estimate of drug-likeness (QED) is 0.178. The Morgan fingerprint density at radius 2 is 1.11 bits per heavy atom. The predicted molar refractivity (Wildman–Crippen MR) is 257 cm³/mol. The summed E-state index contributed by atoms with van der Waals surface area (Å²) in [7, 11) is 0. The molecule has 4 heteroatoms. The SMILES string of the molecule is c1ccc(-c2nc(-c3cccc4c3oc3ccc(-c5cccc6c5-c5cc7c(cc5C65CCCCC5)-c5ccccc5C75CCCCC5)cc34)c3sc4ccccc4c3n2)cc1. The molecular weight excluding hydrogens is 773 g/mol. The van der Waals surface area contributed by atoms with Crippen LogP contribution in [0.1, 0.15) is 86.5 Å². The van der Waals surface area contributed by atoms with E-state index in [1.54, 1.807) is 33.6 Å². The predicted octanol–water partition coefficient (Wildman–Crippen LogP) is 16.2. The van der Waals surface area contributed by atoms with Crippen LogP contribution >= 0.6 is 11.3 Å². The maximum atomic E-state index is 6.93. The van der Waals surface area contributed by atoms with Crippen molar-refractivity contribution in [3.8, 4) is 56.0 Å². The first kappa shape index (κ1) is 35.3. The summed E-state index contributed by atoms with van der Waals surface area (Å²) in [6.07, 6.45) is 12.8. The summed E-state index contributed by atoms with van der Waals surface area (Å²) in [6.45, 7) is 0. The molecule has 2 spiro atoms. The molecule has 4 aliphatic carbocycles. The highest BCUT2D eigenvalue weighted by Crippen LogP contribution is 2.63. The van der Waals surface area contributed by atoms with Crippen LogP contribution < -0.4 is 0 Å². The summed E-state index contributed by atoms with van der Waals surface area (Å²) in [4.78, 5) is 10.5. The molecule has 10 aromatic rings. The molecule has 3 heterocycles. The molecule has 0 radical (unpaired) electrons. The van der Waals surface area contributed by atoms with Gasteiger partial charge in [0.25, 0.3) is 0 Å². The lowest BCUT2D eigenvalue weighted by atomic mass is 9.66. The number of fused-ring (bicyclic) bond motifs is 16. The lowest BCUT2D eigenvalue weighted by molar-refractivity contribution is 0.350. The number of nitrogens with zero attached hydrogens (tertiary/aromatic N) is 2. The van der Waals surface area contributed by atoms with Crippen LogP contribution in [0.4, 0.5) is 0 Å². The maximum Gasteiger partial charge on any atom is 0.160 e. The molecular formula is C58H44N2OS. The molecule has 62 heavy (non-hydrogen) atoms. The van der Waals surface area contributed by atoms with Crippen molar-refractivity contribution in [3.05, 3.63) is 168 Å². The van der Waals surface area contributed by atoms with Gasteiger partial charge < -0.3 is 4.42 Å². The molecule has 7 aromatic carbocycles.